The number of carbonyl (C=O) groups excluding carboxylic acids is 1. The van der Waals surface area contributed by atoms with Crippen molar-refractivity contribution in [1.82, 2.24) is 15.3 Å². The first-order chi connectivity index (χ1) is 12.6. The summed E-state index contributed by atoms with van der Waals surface area (Å²) in [6.45, 7) is 0.519. The van der Waals surface area contributed by atoms with Crippen molar-refractivity contribution in [2.75, 3.05) is 18.5 Å². The van der Waals surface area contributed by atoms with E-state index >= 15 is 0 Å². The number of nitrogens with zero attached hydrogens (tertiary/aromatic N) is 3. The molecule has 132 valence electrons. The summed E-state index contributed by atoms with van der Waals surface area (Å²) in [4.78, 5) is 22.7. The zero-order chi connectivity index (χ0) is 18.4. The zero-order valence-corrected chi connectivity index (χ0v) is 15.1. The minimum Gasteiger partial charge on any atom is -0.352 e. The van der Waals surface area contributed by atoms with E-state index < -0.39 is 0 Å². The van der Waals surface area contributed by atoms with Gasteiger partial charge in [0.2, 0.25) is 5.95 Å². The van der Waals surface area contributed by atoms with E-state index in [1.165, 1.54) is 12.4 Å². The van der Waals surface area contributed by atoms with Crippen LogP contribution in [0.15, 0.2) is 67.0 Å². The Morgan fingerprint density at radius 2 is 1.81 bits per heavy atom. The molecule has 0 aliphatic rings. The van der Waals surface area contributed by atoms with Crippen LogP contribution >= 0.6 is 11.6 Å². The summed E-state index contributed by atoms with van der Waals surface area (Å²) in [5.74, 6) is 0.340. The van der Waals surface area contributed by atoms with Crippen molar-refractivity contribution in [3.05, 3.63) is 83.1 Å². The summed E-state index contributed by atoms with van der Waals surface area (Å²) in [6, 6.07) is 17.4. The van der Waals surface area contributed by atoms with Crippen LogP contribution in [0, 0.1) is 0 Å². The van der Waals surface area contributed by atoms with Crippen molar-refractivity contribution in [2.45, 2.75) is 6.42 Å². The number of amides is 1. The van der Waals surface area contributed by atoms with E-state index in [1.54, 1.807) is 0 Å². The van der Waals surface area contributed by atoms with Crippen LogP contribution in [0.2, 0.25) is 5.02 Å². The summed E-state index contributed by atoms with van der Waals surface area (Å²) in [7, 11) is 1.88. The third-order valence-electron chi connectivity index (χ3n) is 3.93. The fourth-order valence-corrected chi connectivity index (χ4v) is 2.71. The van der Waals surface area contributed by atoms with Gasteiger partial charge in [0.15, 0.2) is 0 Å². The number of para-hydroxylation sites is 1. The molecule has 1 heterocycles. The summed E-state index contributed by atoms with van der Waals surface area (Å²) in [6.07, 6.45) is 3.79. The Labute approximate surface area is 157 Å². The van der Waals surface area contributed by atoms with Gasteiger partial charge in [-0.1, -0.05) is 41.9 Å². The summed E-state index contributed by atoms with van der Waals surface area (Å²) >= 11 is 5.96. The van der Waals surface area contributed by atoms with Gasteiger partial charge in [0.25, 0.3) is 5.91 Å². The van der Waals surface area contributed by atoms with Gasteiger partial charge >= 0.3 is 0 Å². The van der Waals surface area contributed by atoms with Crippen LogP contribution in [-0.2, 0) is 6.42 Å². The molecule has 0 radical (unpaired) electrons. The van der Waals surface area contributed by atoms with E-state index in [-0.39, 0.29) is 5.91 Å². The molecule has 0 atom stereocenters. The average molecular weight is 367 g/mol. The second-order valence-corrected chi connectivity index (χ2v) is 6.24. The lowest BCUT2D eigenvalue weighted by Crippen LogP contribution is -2.26. The zero-order valence-electron chi connectivity index (χ0n) is 14.4. The van der Waals surface area contributed by atoms with Crippen LogP contribution in [0.1, 0.15) is 15.9 Å². The van der Waals surface area contributed by atoms with Gasteiger partial charge in [-0.15, -0.1) is 0 Å². The molecule has 0 spiro atoms. The number of rotatable bonds is 6. The fraction of sp³-hybridized carbons (Fsp3) is 0.150. The van der Waals surface area contributed by atoms with Crippen LogP contribution < -0.4 is 10.2 Å². The maximum Gasteiger partial charge on any atom is 0.254 e. The monoisotopic (exact) mass is 366 g/mol. The SMILES string of the molecule is CN(c1ccccc1)c1ncc(C(=O)NCCc2cccc(Cl)c2)cn1. The molecule has 0 unspecified atom stereocenters. The predicted octanol–water partition coefficient (Wildman–Crippen LogP) is 3.87. The summed E-state index contributed by atoms with van der Waals surface area (Å²) in [5.41, 5.74) is 2.49. The molecule has 1 amide bonds. The Morgan fingerprint density at radius 1 is 1.08 bits per heavy atom. The highest BCUT2D eigenvalue weighted by atomic mass is 35.5. The molecular formula is C20H19ClN4O. The van der Waals surface area contributed by atoms with Crippen LogP contribution in [0.5, 0.6) is 0 Å². The van der Waals surface area contributed by atoms with E-state index in [1.807, 2.05) is 66.5 Å². The van der Waals surface area contributed by atoms with Crippen LogP contribution in [0.3, 0.4) is 0 Å². The molecule has 0 saturated heterocycles. The first kappa shape index (κ1) is 17.9. The van der Waals surface area contributed by atoms with Crippen LogP contribution in [0.4, 0.5) is 11.6 Å². The molecule has 0 saturated carbocycles. The first-order valence-electron chi connectivity index (χ1n) is 8.27. The molecule has 1 N–H and O–H groups in total. The quantitative estimate of drug-likeness (QED) is 0.719. The van der Waals surface area contributed by atoms with Crippen molar-refractivity contribution in [3.8, 4) is 0 Å². The van der Waals surface area contributed by atoms with Crippen molar-refractivity contribution < 1.29 is 4.79 Å². The number of aromatic nitrogens is 2. The highest BCUT2D eigenvalue weighted by Gasteiger charge is 2.10. The van der Waals surface area contributed by atoms with Gasteiger partial charge in [-0.25, -0.2) is 9.97 Å². The number of halogens is 1. The molecule has 1 aromatic heterocycles. The Kier molecular flexibility index (Phi) is 5.81. The number of nitrogens with one attached hydrogen (secondary N) is 1. The molecule has 26 heavy (non-hydrogen) atoms. The number of carbonyl (C=O) groups is 1. The largest absolute Gasteiger partial charge is 0.352 e. The minimum absolute atomic E-state index is 0.194. The van der Waals surface area contributed by atoms with Gasteiger partial charge in [0, 0.05) is 36.7 Å². The number of benzene rings is 2. The van der Waals surface area contributed by atoms with Crippen molar-refractivity contribution in [3.63, 3.8) is 0 Å². The maximum atomic E-state index is 12.2. The lowest BCUT2D eigenvalue weighted by Gasteiger charge is -2.16. The van der Waals surface area contributed by atoms with Gasteiger partial charge in [-0.3, -0.25) is 4.79 Å². The standard InChI is InChI=1S/C20H19ClN4O/c1-25(18-8-3-2-4-9-18)20-23-13-16(14-24-20)19(26)22-11-10-15-6-5-7-17(21)12-15/h2-9,12-14H,10-11H2,1H3,(H,22,26). The van der Waals surface area contributed by atoms with Gasteiger partial charge in [0.05, 0.1) is 5.56 Å². The topological polar surface area (TPSA) is 58.1 Å². The first-order valence-corrected chi connectivity index (χ1v) is 8.65. The minimum atomic E-state index is -0.194. The molecule has 5 nitrogen and oxygen atoms in total. The Hall–Kier alpha value is -2.92. The molecule has 6 heteroatoms. The second kappa shape index (κ2) is 8.45. The van der Waals surface area contributed by atoms with E-state index in [0.717, 1.165) is 11.3 Å². The number of hydrogen-bond donors (Lipinski definition) is 1. The van der Waals surface area contributed by atoms with Crippen LogP contribution in [-0.4, -0.2) is 29.5 Å². The number of anilines is 2. The highest BCUT2D eigenvalue weighted by molar-refractivity contribution is 6.30. The Morgan fingerprint density at radius 3 is 2.50 bits per heavy atom. The van der Waals surface area contributed by atoms with Gasteiger partial charge < -0.3 is 10.2 Å². The third kappa shape index (κ3) is 4.58. The lowest BCUT2D eigenvalue weighted by atomic mass is 10.1. The lowest BCUT2D eigenvalue weighted by molar-refractivity contribution is 0.0953. The maximum absolute atomic E-state index is 12.2. The molecule has 3 rings (SSSR count). The fourth-order valence-electron chi connectivity index (χ4n) is 2.49. The molecule has 0 bridgehead atoms. The molecule has 3 aromatic rings. The summed E-state index contributed by atoms with van der Waals surface area (Å²) in [5, 5.41) is 3.57. The van der Waals surface area contributed by atoms with Crippen molar-refractivity contribution >= 4 is 29.1 Å². The molecular weight excluding hydrogens is 348 g/mol. The predicted molar refractivity (Wildman–Crippen MR) is 104 cm³/mol. The second-order valence-electron chi connectivity index (χ2n) is 5.80. The summed E-state index contributed by atoms with van der Waals surface area (Å²) < 4.78 is 0. The molecule has 2 aromatic carbocycles. The molecule has 0 aliphatic carbocycles. The van der Waals surface area contributed by atoms with Crippen molar-refractivity contribution in [2.24, 2.45) is 0 Å². The highest BCUT2D eigenvalue weighted by Crippen LogP contribution is 2.18. The average Bonchev–Trinajstić information content (AvgIpc) is 2.68. The smallest absolute Gasteiger partial charge is 0.254 e. The van der Waals surface area contributed by atoms with Crippen LogP contribution in [0.25, 0.3) is 0 Å². The van der Waals surface area contributed by atoms with E-state index in [2.05, 4.69) is 15.3 Å². The molecule has 0 aliphatic heterocycles. The van der Waals surface area contributed by atoms with E-state index in [0.29, 0.717) is 29.5 Å². The molecule has 0 fully saturated rings. The normalized spacial score (nSPS) is 10.4. The Balaban J connectivity index is 1.57. The van der Waals surface area contributed by atoms with Gasteiger partial charge in [-0.2, -0.15) is 0 Å². The van der Waals surface area contributed by atoms with Crippen molar-refractivity contribution in [1.29, 1.82) is 0 Å². The van der Waals surface area contributed by atoms with E-state index in [9.17, 15) is 4.79 Å². The van der Waals surface area contributed by atoms with Gasteiger partial charge in [0.1, 0.15) is 0 Å². The Bertz CT molecular complexity index is 868. The van der Waals surface area contributed by atoms with Gasteiger partial charge in [-0.05, 0) is 36.2 Å². The number of hydrogen-bond acceptors (Lipinski definition) is 4. The third-order valence-corrected chi connectivity index (χ3v) is 4.17. The van der Waals surface area contributed by atoms with E-state index in [4.69, 9.17) is 11.6 Å².